The first-order chi connectivity index (χ1) is 19.8. The molecule has 0 heterocycles. The number of carbonyl (C=O) groups excluding carboxylic acids is 2. The van der Waals surface area contributed by atoms with Crippen LogP contribution >= 0.6 is 0 Å². The zero-order valence-electron chi connectivity index (χ0n) is 23.2. The van der Waals surface area contributed by atoms with Gasteiger partial charge in [-0.25, -0.2) is 13.1 Å². The molecule has 1 aliphatic rings. The third kappa shape index (κ3) is 8.88. The predicted molar refractivity (Wildman–Crippen MR) is 156 cm³/mol. The van der Waals surface area contributed by atoms with Crippen LogP contribution in [0.1, 0.15) is 36.0 Å². The summed E-state index contributed by atoms with van der Waals surface area (Å²) in [6.07, 6.45) is 2.53. The highest BCUT2D eigenvalue weighted by Crippen LogP contribution is 2.23. The van der Waals surface area contributed by atoms with Crippen molar-refractivity contribution in [1.82, 2.24) is 14.9 Å². The summed E-state index contributed by atoms with van der Waals surface area (Å²) in [7, 11) is -1.97. The van der Waals surface area contributed by atoms with Crippen LogP contribution in [0.5, 0.6) is 5.75 Å². The number of ether oxygens (including phenoxy) is 1. The molecule has 41 heavy (non-hydrogen) atoms. The molecule has 0 bridgehead atoms. The van der Waals surface area contributed by atoms with Crippen molar-refractivity contribution in [2.75, 3.05) is 20.3 Å². The maximum absolute atomic E-state index is 13.8. The Morgan fingerprint density at radius 1 is 0.951 bits per heavy atom. The molecule has 0 spiro atoms. The summed E-state index contributed by atoms with van der Waals surface area (Å²) in [6, 6.07) is 22.6. The van der Waals surface area contributed by atoms with Crippen LogP contribution in [0, 0.1) is 0 Å². The number of aliphatic hydroxyl groups excluding tert-OH is 1. The van der Waals surface area contributed by atoms with Crippen LogP contribution in [-0.2, 0) is 39.0 Å². The van der Waals surface area contributed by atoms with Crippen LogP contribution in [0.25, 0.3) is 0 Å². The molecule has 0 saturated heterocycles. The second kappa shape index (κ2) is 14.2. The van der Waals surface area contributed by atoms with Gasteiger partial charge in [0.2, 0.25) is 21.8 Å². The number of amides is 2. The van der Waals surface area contributed by atoms with E-state index in [1.54, 1.807) is 36.3 Å². The van der Waals surface area contributed by atoms with Crippen LogP contribution in [0.2, 0.25) is 0 Å². The van der Waals surface area contributed by atoms with Crippen molar-refractivity contribution in [3.63, 3.8) is 0 Å². The standard InChI is InChI=1S/C31H37N3O6S/c1-40-27-14-7-25(8-15-27)22-34(29(31(37)32-19-20-35)21-24-5-3-2-4-6-24)30(36)18-11-23-9-16-28(17-10-23)41(38,39)33-26-12-13-26/h2-10,14-17,26,29,33,35H,11-13,18-22H2,1H3,(H,32,37)/t29-/m1/s1. The van der Waals surface area contributed by atoms with Gasteiger partial charge in [0.05, 0.1) is 18.6 Å². The minimum Gasteiger partial charge on any atom is -0.497 e. The average molecular weight is 580 g/mol. The Morgan fingerprint density at radius 3 is 2.22 bits per heavy atom. The molecule has 1 atom stereocenters. The Bertz CT molecular complexity index is 1390. The smallest absolute Gasteiger partial charge is 0.243 e. The number of rotatable bonds is 15. The first kappa shape index (κ1) is 30.2. The number of aliphatic hydroxyl groups is 1. The Balaban J connectivity index is 1.54. The van der Waals surface area contributed by atoms with Gasteiger partial charge in [0.25, 0.3) is 0 Å². The summed E-state index contributed by atoms with van der Waals surface area (Å²) in [4.78, 5) is 28.9. The van der Waals surface area contributed by atoms with Crippen LogP contribution in [0.3, 0.4) is 0 Å². The van der Waals surface area contributed by atoms with Crippen LogP contribution in [0.15, 0.2) is 83.8 Å². The second-order valence-electron chi connectivity index (χ2n) is 10.1. The number of hydrogen-bond acceptors (Lipinski definition) is 6. The van der Waals surface area contributed by atoms with E-state index in [9.17, 15) is 23.1 Å². The summed E-state index contributed by atoms with van der Waals surface area (Å²) in [5.74, 6) is 0.126. The van der Waals surface area contributed by atoms with Crippen molar-refractivity contribution in [2.45, 2.75) is 55.6 Å². The molecule has 2 amide bonds. The van der Waals surface area contributed by atoms with E-state index >= 15 is 0 Å². The fourth-order valence-corrected chi connectivity index (χ4v) is 5.80. The first-order valence-corrected chi connectivity index (χ1v) is 15.2. The normalized spacial score (nSPS) is 13.8. The predicted octanol–water partition coefficient (Wildman–Crippen LogP) is 2.82. The molecule has 10 heteroatoms. The van der Waals surface area contributed by atoms with Crippen LogP contribution < -0.4 is 14.8 Å². The lowest BCUT2D eigenvalue weighted by atomic mass is 10.0. The molecule has 3 N–H and O–H groups in total. The summed E-state index contributed by atoms with van der Waals surface area (Å²) < 4.78 is 32.9. The molecule has 0 unspecified atom stereocenters. The molecule has 218 valence electrons. The Kier molecular flexibility index (Phi) is 10.5. The average Bonchev–Trinajstić information content (AvgIpc) is 3.80. The van der Waals surface area contributed by atoms with Crippen molar-refractivity contribution >= 4 is 21.8 Å². The lowest BCUT2D eigenvalue weighted by Gasteiger charge is -2.31. The van der Waals surface area contributed by atoms with Gasteiger partial charge in [-0.1, -0.05) is 54.6 Å². The fourth-order valence-electron chi connectivity index (χ4n) is 4.50. The van der Waals surface area contributed by atoms with Crippen molar-refractivity contribution in [1.29, 1.82) is 0 Å². The Labute approximate surface area is 241 Å². The number of sulfonamides is 1. The minimum atomic E-state index is -3.55. The van der Waals surface area contributed by atoms with Gasteiger partial charge < -0.3 is 20.1 Å². The zero-order valence-corrected chi connectivity index (χ0v) is 24.0. The molecule has 1 aliphatic carbocycles. The second-order valence-corrected chi connectivity index (χ2v) is 11.8. The van der Waals surface area contributed by atoms with Gasteiger partial charge in [-0.05, 0) is 60.2 Å². The van der Waals surface area contributed by atoms with Gasteiger partial charge in [-0.3, -0.25) is 9.59 Å². The van der Waals surface area contributed by atoms with E-state index < -0.39 is 16.1 Å². The number of benzene rings is 3. The molecule has 0 aliphatic heterocycles. The van der Waals surface area contributed by atoms with Crippen molar-refractivity contribution in [3.05, 3.63) is 95.6 Å². The monoisotopic (exact) mass is 579 g/mol. The largest absolute Gasteiger partial charge is 0.497 e. The van der Waals surface area contributed by atoms with E-state index in [0.717, 1.165) is 29.5 Å². The van der Waals surface area contributed by atoms with Gasteiger partial charge >= 0.3 is 0 Å². The van der Waals surface area contributed by atoms with E-state index in [1.165, 1.54) is 0 Å². The highest BCUT2D eigenvalue weighted by Gasteiger charge is 2.30. The van der Waals surface area contributed by atoms with Gasteiger partial charge in [0.1, 0.15) is 11.8 Å². The Morgan fingerprint density at radius 2 is 1.61 bits per heavy atom. The topological polar surface area (TPSA) is 125 Å². The van der Waals surface area contributed by atoms with E-state index in [2.05, 4.69) is 10.0 Å². The van der Waals surface area contributed by atoms with E-state index in [0.29, 0.717) is 18.6 Å². The van der Waals surface area contributed by atoms with Crippen molar-refractivity contribution in [3.8, 4) is 5.75 Å². The highest BCUT2D eigenvalue weighted by atomic mass is 32.2. The molecule has 0 aromatic heterocycles. The highest BCUT2D eigenvalue weighted by molar-refractivity contribution is 7.89. The van der Waals surface area contributed by atoms with Gasteiger partial charge in [0.15, 0.2) is 0 Å². The number of methoxy groups -OCH3 is 1. The number of nitrogens with zero attached hydrogens (tertiary/aromatic N) is 1. The molecule has 0 radical (unpaired) electrons. The summed E-state index contributed by atoms with van der Waals surface area (Å²) in [5.41, 5.74) is 2.56. The third-order valence-electron chi connectivity index (χ3n) is 6.95. The molecule has 4 rings (SSSR count). The lowest BCUT2D eigenvalue weighted by molar-refractivity contribution is -0.141. The van der Waals surface area contributed by atoms with Crippen LogP contribution in [-0.4, -0.2) is 62.6 Å². The zero-order chi connectivity index (χ0) is 29.2. The minimum absolute atomic E-state index is 0.0207. The Hall–Kier alpha value is -3.73. The lowest BCUT2D eigenvalue weighted by Crippen LogP contribution is -2.51. The third-order valence-corrected chi connectivity index (χ3v) is 8.49. The number of nitrogens with one attached hydrogen (secondary N) is 2. The maximum atomic E-state index is 13.8. The number of carbonyl (C=O) groups is 2. The fraction of sp³-hybridized carbons (Fsp3) is 0.355. The number of hydrogen-bond donors (Lipinski definition) is 3. The molecule has 9 nitrogen and oxygen atoms in total. The summed E-state index contributed by atoms with van der Waals surface area (Å²) in [5, 5.41) is 12.0. The summed E-state index contributed by atoms with van der Waals surface area (Å²) in [6.45, 7) is 0.0779. The van der Waals surface area contributed by atoms with Crippen LogP contribution in [0.4, 0.5) is 0 Å². The van der Waals surface area contributed by atoms with E-state index in [-0.39, 0.29) is 48.9 Å². The molecule has 3 aromatic carbocycles. The molecule has 3 aromatic rings. The van der Waals surface area contributed by atoms with Crippen molar-refractivity contribution < 1.29 is 27.9 Å². The molecular formula is C31H37N3O6S. The molecular weight excluding hydrogens is 542 g/mol. The van der Waals surface area contributed by atoms with Gasteiger partial charge in [-0.2, -0.15) is 0 Å². The van der Waals surface area contributed by atoms with Gasteiger partial charge in [-0.15, -0.1) is 0 Å². The number of aryl methyl sites for hydroxylation is 1. The maximum Gasteiger partial charge on any atom is 0.243 e. The molecule has 1 fully saturated rings. The molecule has 1 saturated carbocycles. The van der Waals surface area contributed by atoms with Gasteiger partial charge in [0, 0.05) is 32.0 Å². The van der Waals surface area contributed by atoms with E-state index in [4.69, 9.17) is 4.74 Å². The first-order valence-electron chi connectivity index (χ1n) is 13.7. The summed E-state index contributed by atoms with van der Waals surface area (Å²) >= 11 is 0. The van der Waals surface area contributed by atoms with E-state index in [1.807, 2.05) is 54.6 Å². The SMILES string of the molecule is COc1ccc(CN(C(=O)CCc2ccc(S(=O)(=O)NC3CC3)cc2)[C@H](Cc2ccccc2)C(=O)NCCO)cc1. The quantitative estimate of drug-likeness (QED) is 0.254. The van der Waals surface area contributed by atoms with Crippen molar-refractivity contribution in [2.24, 2.45) is 0 Å².